The molecule has 0 saturated heterocycles. The van der Waals surface area contributed by atoms with Crippen molar-refractivity contribution in [2.75, 3.05) is 0 Å². The maximum Gasteiger partial charge on any atom is 0.313 e. The molecule has 80 valence electrons. The van der Waals surface area contributed by atoms with Gasteiger partial charge in [0, 0.05) is 0 Å². The smallest absolute Gasteiger partial charge is 0.313 e. The number of carbonyl (C=O) groups is 2. The highest BCUT2D eigenvalue weighted by Crippen LogP contribution is 2.16. The minimum atomic E-state index is -0.473. The summed E-state index contributed by atoms with van der Waals surface area (Å²) in [6.07, 6.45) is -0.463. The Morgan fingerprint density at radius 1 is 1.27 bits per heavy atom. The Balaban J connectivity index is 2.53. The van der Waals surface area contributed by atoms with E-state index in [0.717, 1.165) is 5.56 Å². The van der Waals surface area contributed by atoms with Crippen molar-refractivity contribution in [2.45, 2.75) is 26.4 Å². The van der Waals surface area contributed by atoms with Gasteiger partial charge < -0.3 is 4.74 Å². The van der Waals surface area contributed by atoms with Crippen molar-refractivity contribution in [3.05, 3.63) is 35.9 Å². The van der Waals surface area contributed by atoms with Gasteiger partial charge in [-0.25, -0.2) is 0 Å². The summed E-state index contributed by atoms with van der Waals surface area (Å²) in [5, 5.41) is 0. The summed E-state index contributed by atoms with van der Waals surface area (Å²) >= 11 is 0. The number of esters is 1. The molecular formula is C12H14O3. The van der Waals surface area contributed by atoms with Crippen molar-refractivity contribution in [3.8, 4) is 0 Å². The minimum Gasteiger partial charge on any atom is -0.457 e. The molecule has 0 radical (unpaired) electrons. The monoisotopic (exact) mass is 206 g/mol. The van der Waals surface area contributed by atoms with Gasteiger partial charge in [-0.1, -0.05) is 30.3 Å². The number of rotatable bonds is 4. The first-order valence-corrected chi connectivity index (χ1v) is 4.83. The molecule has 0 unspecified atom stereocenters. The molecule has 15 heavy (non-hydrogen) atoms. The summed E-state index contributed by atoms with van der Waals surface area (Å²) in [5.41, 5.74) is 0.925. The third-order valence-corrected chi connectivity index (χ3v) is 1.97. The van der Waals surface area contributed by atoms with Crippen LogP contribution < -0.4 is 0 Å². The van der Waals surface area contributed by atoms with Crippen molar-refractivity contribution in [1.82, 2.24) is 0 Å². The first kappa shape index (κ1) is 11.4. The summed E-state index contributed by atoms with van der Waals surface area (Å²) in [6.45, 7) is 3.15. The van der Waals surface area contributed by atoms with Gasteiger partial charge in [0.25, 0.3) is 0 Å². The molecule has 1 atom stereocenters. The minimum absolute atomic E-state index is 0.156. The average Bonchev–Trinajstić information content (AvgIpc) is 2.17. The van der Waals surface area contributed by atoms with E-state index in [-0.39, 0.29) is 18.3 Å². The zero-order valence-corrected chi connectivity index (χ0v) is 8.90. The van der Waals surface area contributed by atoms with Crippen LogP contribution in [0.25, 0.3) is 0 Å². The van der Waals surface area contributed by atoms with Crippen LogP contribution in [0.5, 0.6) is 0 Å². The first-order chi connectivity index (χ1) is 7.09. The second-order valence-electron chi connectivity index (χ2n) is 3.42. The number of carbonyl (C=O) groups excluding carboxylic acids is 2. The van der Waals surface area contributed by atoms with Crippen LogP contribution in [-0.4, -0.2) is 11.8 Å². The Morgan fingerprint density at radius 3 is 2.40 bits per heavy atom. The van der Waals surface area contributed by atoms with E-state index in [1.807, 2.05) is 30.3 Å². The molecule has 0 heterocycles. The predicted molar refractivity (Wildman–Crippen MR) is 56.2 cm³/mol. The Bertz CT molecular complexity index is 343. The van der Waals surface area contributed by atoms with Crippen molar-refractivity contribution in [2.24, 2.45) is 0 Å². The second kappa shape index (κ2) is 5.29. The van der Waals surface area contributed by atoms with Crippen LogP contribution >= 0.6 is 0 Å². The molecule has 1 aromatic carbocycles. The van der Waals surface area contributed by atoms with Crippen molar-refractivity contribution in [3.63, 3.8) is 0 Å². The second-order valence-corrected chi connectivity index (χ2v) is 3.42. The molecule has 0 aromatic heterocycles. The van der Waals surface area contributed by atoms with Crippen molar-refractivity contribution >= 4 is 11.8 Å². The molecule has 3 nitrogen and oxygen atoms in total. The van der Waals surface area contributed by atoms with Gasteiger partial charge in [-0.05, 0) is 19.4 Å². The molecule has 3 heteroatoms. The molecule has 0 N–H and O–H groups in total. The quantitative estimate of drug-likeness (QED) is 0.560. The Morgan fingerprint density at radius 2 is 1.87 bits per heavy atom. The molecule has 0 aliphatic heterocycles. The van der Waals surface area contributed by atoms with Gasteiger partial charge in [0.1, 0.15) is 18.3 Å². The molecule has 0 amide bonds. The summed E-state index contributed by atoms with van der Waals surface area (Å²) in [5.74, 6) is -0.654. The highest BCUT2D eigenvalue weighted by Gasteiger charge is 2.12. The molecule has 0 fully saturated rings. The van der Waals surface area contributed by atoms with Gasteiger partial charge in [-0.3, -0.25) is 9.59 Å². The standard InChI is InChI=1S/C12H14O3/c1-9(13)8-12(14)15-10(2)11-6-4-3-5-7-11/h3-7,10H,8H2,1-2H3/t10-/m1/s1. The number of ketones is 1. The Labute approximate surface area is 89.1 Å². The Hall–Kier alpha value is -1.64. The van der Waals surface area contributed by atoms with Crippen molar-refractivity contribution < 1.29 is 14.3 Å². The van der Waals surface area contributed by atoms with Crippen LogP contribution in [0.1, 0.15) is 31.9 Å². The fourth-order valence-corrected chi connectivity index (χ4v) is 1.23. The Kier molecular flexibility index (Phi) is 4.03. The van der Waals surface area contributed by atoms with Crippen LogP contribution in [0.4, 0.5) is 0 Å². The predicted octanol–water partition coefficient (Wildman–Crippen LogP) is 2.27. The number of ether oxygens (including phenoxy) is 1. The number of benzene rings is 1. The van der Waals surface area contributed by atoms with Gasteiger partial charge in [0.15, 0.2) is 0 Å². The molecule has 1 rings (SSSR count). The van der Waals surface area contributed by atoms with Crippen LogP contribution in [-0.2, 0) is 14.3 Å². The highest BCUT2D eigenvalue weighted by molar-refractivity contribution is 5.94. The van der Waals surface area contributed by atoms with Gasteiger partial charge in [-0.2, -0.15) is 0 Å². The van der Waals surface area contributed by atoms with E-state index in [1.54, 1.807) is 6.92 Å². The van der Waals surface area contributed by atoms with Crippen LogP contribution in [0.15, 0.2) is 30.3 Å². The largest absolute Gasteiger partial charge is 0.457 e. The lowest BCUT2D eigenvalue weighted by molar-refractivity contribution is -0.150. The lowest BCUT2D eigenvalue weighted by Crippen LogP contribution is -2.11. The van der Waals surface area contributed by atoms with Gasteiger partial charge in [0.2, 0.25) is 0 Å². The average molecular weight is 206 g/mol. The summed E-state index contributed by atoms with van der Waals surface area (Å²) in [4.78, 5) is 21.9. The lowest BCUT2D eigenvalue weighted by atomic mass is 10.1. The zero-order chi connectivity index (χ0) is 11.3. The topological polar surface area (TPSA) is 43.4 Å². The lowest BCUT2D eigenvalue weighted by Gasteiger charge is -2.12. The van der Waals surface area contributed by atoms with Crippen LogP contribution in [0.2, 0.25) is 0 Å². The number of Topliss-reactive ketones (excluding diaryl/α,β-unsaturated/α-hetero) is 1. The SMILES string of the molecule is CC(=O)CC(=O)O[C@H](C)c1ccccc1. The van der Waals surface area contributed by atoms with E-state index in [2.05, 4.69) is 0 Å². The first-order valence-electron chi connectivity index (χ1n) is 4.83. The molecule has 0 spiro atoms. The molecule has 1 aromatic rings. The van der Waals surface area contributed by atoms with Gasteiger partial charge >= 0.3 is 5.97 Å². The summed E-state index contributed by atoms with van der Waals surface area (Å²) in [6, 6.07) is 9.42. The number of hydrogen-bond acceptors (Lipinski definition) is 3. The zero-order valence-electron chi connectivity index (χ0n) is 8.90. The van der Waals surface area contributed by atoms with E-state index in [1.165, 1.54) is 6.92 Å². The molecule has 0 saturated carbocycles. The molecule has 0 bridgehead atoms. The van der Waals surface area contributed by atoms with Gasteiger partial charge in [0.05, 0.1) is 0 Å². The van der Waals surface area contributed by atoms with Crippen LogP contribution in [0.3, 0.4) is 0 Å². The van der Waals surface area contributed by atoms with E-state index >= 15 is 0 Å². The normalized spacial score (nSPS) is 11.9. The maximum atomic E-state index is 11.2. The third-order valence-electron chi connectivity index (χ3n) is 1.97. The van der Waals surface area contributed by atoms with E-state index in [9.17, 15) is 9.59 Å². The maximum absolute atomic E-state index is 11.2. The van der Waals surface area contributed by atoms with E-state index < -0.39 is 5.97 Å². The fraction of sp³-hybridized carbons (Fsp3) is 0.333. The van der Waals surface area contributed by atoms with Gasteiger partial charge in [-0.15, -0.1) is 0 Å². The highest BCUT2D eigenvalue weighted by atomic mass is 16.5. The number of hydrogen-bond donors (Lipinski definition) is 0. The molecule has 0 aliphatic rings. The van der Waals surface area contributed by atoms with Crippen molar-refractivity contribution in [1.29, 1.82) is 0 Å². The van der Waals surface area contributed by atoms with E-state index in [0.29, 0.717) is 0 Å². The third kappa shape index (κ3) is 3.94. The van der Waals surface area contributed by atoms with E-state index in [4.69, 9.17) is 4.74 Å². The molecule has 0 aliphatic carbocycles. The molecular weight excluding hydrogens is 192 g/mol. The fourth-order valence-electron chi connectivity index (χ4n) is 1.23. The van der Waals surface area contributed by atoms with Crippen LogP contribution in [0, 0.1) is 0 Å². The summed E-state index contributed by atoms with van der Waals surface area (Å²) < 4.78 is 5.09. The summed E-state index contributed by atoms with van der Waals surface area (Å²) in [7, 11) is 0.